The predicted molar refractivity (Wildman–Crippen MR) is 74.6 cm³/mol. The third kappa shape index (κ3) is 3.74. The maximum atomic E-state index is 12.2. The maximum absolute atomic E-state index is 12.2. The Labute approximate surface area is 109 Å². The molecule has 0 heterocycles. The molecule has 0 aliphatic carbocycles. The Morgan fingerprint density at radius 2 is 2.11 bits per heavy atom. The summed E-state index contributed by atoms with van der Waals surface area (Å²) in [6, 6.07) is 7.43. The van der Waals surface area contributed by atoms with Gasteiger partial charge >= 0.3 is 0 Å². The number of hydrogen-bond acceptors (Lipinski definition) is 3. The average molecular weight is 250 g/mol. The summed E-state index contributed by atoms with van der Waals surface area (Å²) in [6.07, 6.45) is 1.29. The lowest BCUT2D eigenvalue weighted by Crippen LogP contribution is -2.31. The van der Waals surface area contributed by atoms with Crippen LogP contribution in [-0.2, 0) is 9.53 Å². The lowest BCUT2D eigenvalue weighted by molar-refractivity contribution is -0.119. The predicted octanol–water partition coefficient (Wildman–Crippen LogP) is 2.44. The van der Waals surface area contributed by atoms with Crippen LogP contribution in [-0.4, -0.2) is 25.7 Å². The van der Waals surface area contributed by atoms with E-state index >= 15 is 0 Å². The second kappa shape index (κ2) is 7.01. The summed E-state index contributed by atoms with van der Waals surface area (Å²) in [5.74, 6) is 0.0827. The molecule has 1 amide bonds. The van der Waals surface area contributed by atoms with Crippen molar-refractivity contribution in [3.63, 3.8) is 0 Å². The number of para-hydroxylation sites is 2. The minimum atomic E-state index is 0.0827. The molecule has 18 heavy (non-hydrogen) atoms. The quantitative estimate of drug-likeness (QED) is 0.789. The molecule has 1 aromatic rings. The molecule has 0 aliphatic rings. The van der Waals surface area contributed by atoms with E-state index < -0.39 is 0 Å². The van der Waals surface area contributed by atoms with Crippen LogP contribution in [0.2, 0.25) is 0 Å². The van der Waals surface area contributed by atoms with E-state index in [-0.39, 0.29) is 12.0 Å². The number of benzene rings is 1. The molecule has 0 spiro atoms. The highest BCUT2D eigenvalue weighted by atomic mass is 16.5. The van der Waals surface area contributed by atoms with Crippen molar-refractivity contribution in [2.24, 2.45) is 0 Å². The highest BCUT2D eigenvalue weighted by Crippen LogP contribution is 2.23. The molecule has 0 radical (unpaired) electrons. The van der Waals surface area contributed by atoms with Crippen molar-refractivity contribution in [1.29, 1.82) is 0 Å². The summed E-state index contributed by atoms with van der Waals surface area (Å²) in [4.78, 5) is 13.9. The molecule has 1 aromatic carbocycles. The van der Waals surface area contributed by atoms with Gasteiger partial charge in [0.25, 0.3) is 0 Å². The lowest BCUT2D eigenvalue weighted by Gasteiger charge is -2.23. The third-order valence-electron chi connectivity index (χ3n) is 3.01. The van der Waals surface area contributed by atoms with E-state index in [0.29, 0.717) is 18.7 Å². The van der Waals surface area contributed by atoms with Crippen LogP contribution in [0.25, 0.3) is 0 Å². The number of nitrogen functional groups attached to an aromatic ring is 1. The van der Waals surface area contributed by atoms with E-state index in [2.05, 4.69) is 0 Å². The van der Waals surface area contributed by atoms with E-state index in [9.17, 15) is 4.79 Å². The van der Waals surface area contributed by atoms with E-state index in [1.54, 1.807) is 12.0 Å². The minimum Gasteiger partial charge on any atom is -0.397 e. The molecule has 0 bridgehead atoms. The number of methoxy groups -OCH3 is 1. The van der Waals surface area contributed by atoms with Gasteiger partial charge in [-0.05, 0) is 32.4 Å². The Hall–Kier alpha value is -1.55. The Morgan fingerprint density at radius 1 is 1.44 bits per heavy atom. The Morgan fingerprint density at radius 3 is 2.67 bits per heavy atom. The molecule has 0 aliphatic heterocycles. The summed E-state index contributed by atoms with van der Waals surface area (Å²) in [5, 5.41) is 0. The van der Waals surface area contributed by atoms with Gasteiger partial charge in [-0.2, -0.15) is 0 Å². The standard InChI is InChI=1S/C14H22N2O2/c1-4-16(13-8-6-5-7-12(13)15)14(17)10-9-11(2)18-3/h5-8,11H,4,9-10,15H2,1-3H3. The molecule has 4 nitrogen and oxygen atoms in total. The van der Waals surface area contributed by atoms with E-state index in [4.69, 9.17) is 10.5 Å². The van der Waals surface area contributed by atoms with Crippen molar-refractivity contribution in [3.05, 3.63) is 24.3 Å². The molecule has 0 saturated carbocycles. The molecule has 100 valence electrons. The number of ether oxygens (including phenoxy) is 1. The van der Waals surface area contributed by atoms with E-state index in [1.807, 2.05) is 38.1 Å². The van der Waals surface area contributed by atoms with E-state index in [1.165, 1.54) is 0 Å². The zero-order valence-corrected chi connectivity index (χ0v) is 11.3. The molecular weight excluding hydrogens is 228 g/mol. The molecule has 0 aromatic heterocycles. The molecule has 1 unspecified atom stereocenters. The van der Waals surface area contributed by atoms with Crippen LogP contribution in [0.15, 0.2) is 24.3 Å². The lowest BCUT2D eigenvalue weighted by atomic mass is 10.1. The van der Waals surface area contributed by atoms with Crippen LogP contribution >= 0.6 is 0 Å². The second-order valence-electron chi connectivity index (χ2n) is 4.28. The number of hydrogen-bond donors (Lipinski definition) is 1. The van der Waals surface area contributed by atoms with Crippen molar-refractivity contribution in [1.82, 2.24) is 0 Å². The van der Waals surface area contributed by atoms with Gasteiger partial charge in [0.1, 0.15) is 0 Å². The first kappa shape index (κ1) is 14.5. The first-order valence-electron chi connectivity index (χ1n) is 6.27. The molecule has 0 saturated heterocycles. The summed E-state index contributed by atoms with van der Waals surface area (Å²) in [5.41, 5.74) is 7.32. The van der Waals surface area contributed by atoms with Gasteiger partial charge in [0, 0.05) is 20.1 Å². The van der Waals surface area contributed by atoms with Crippen molar-refractivity contribution in [2.45, 2.75) is 32.8 Å². The van der Waals surface area contributed by atoms with Crippen LogP contribution < -0.4 is 10.6 Å². The molecular formula is C14H22N2O2. The summed E-state index contributed by atoms with van der Waals surface area (Å²) >= 11 is 0. The van der Waals surface area contributed by atoms with Gasteiger partial charge in [-0.3, -0.25) is 4.79 Å². The van der Waals surface area contributed by atoms with Crippen LogP contribution in [0.4, 0.5) is 11.4 Å². The Balaban J connectivity index is 2.72. The molecule has 1 atom stereocenters. The van der Waals surface area contributed by atoms with Gasteiger partial charge in [0.2, 0.25) is 5.91 Å². The van der Waals surface area contributed by atoms with Gasteiger partial charge < -0.3 is 15.4 Å². The number of carbonyl (C=O) groups is 1. The van der Waals surface area contributed by atoms with Gasteiger partial charge in [0.05, 0.1) is 17.5 Å². The second-order valence-corrected chi connectivity index (χ2v) is 4.28. The fourth-order valence-corrected chi connectivity index (χ4v) is 1.79. The average Bonchev–Trinajstić information content (AvgIpc) is 2.39. The summed E-state index contributed by atoms with van der Waals surface area (Å²) in [6.45, 7) is 4.53. The first-order valence-corrected chi connectivity index (χ1v) is 6.27. The number of amides is 1. The fourth-order valence-electron chi connectivity index (χ4n) is 1.79. The van der Waals surface area contributed by atoms with E-state index in [0.717, 1.165) is 12.1 Å². The van der Waals surface area contributed by atoms with Crippen LogP contribution in [0.1, 0.15) is 26.7 Å². The molecule has 4 heteroatoms. The van der Waals surface area contributed by atoms with Gasteiger partial charge in [-0.1, -0.05) is 12.1 Å². The normalized spacial score (nSPS) is 12.2. The maximum Gasteiger partial charge on any atom is 0.227 e. The smallest absolute Gasteiger partial charge is 0.227 e. The number of anilines is 2. The zero-order valence-electron chi connectivity index (χ0n) is 11.3. The zero-order chi connectivity index (χ0) is 13.5. The molecule has 0 fully saturated rings. The summed E-state index contributed by atoms with van der Waals surface area (Å²) in [7, 11) is 1.65. The summed E-state index contributed by atoms with van der Waals surface area (Å²) < 4.78 is 5.15. The fraction of sp³-hybridized carbons (Fsp3) is 0.500. The van der Waals surface area contributed by atoms with Crippen LogP contribution in [0, 0.1) is 0 Å². The Kier molecular flexibility index (Phi) is 5.65. The molecule has 1 rings (SSSR count). The topological polar surface area (TPSA) is 55.6 Å². The number of carbonyl (C=O) groups excluding carboxylic acids is 1. The van der Waals surface area contributed by atoms with Crippen molar-refractivity contribution >= 4 is 17.3 Å². The SMILES string of the molecule is CCN(C(=O)CCC(C)OC)c1ccccc1N. The van der Waals surface area contributed by atoms with Crippen molar-refractivity contribution < 1.29 is 9.53 Å². The number of nitrogens with zero attached hydrogens (tertiary/aromatic N) is 1. The number of nitrogens with two attached hydrogens (primary N) is 1. The van der Waals surface area contributed by atoms with Crippen molar-refractivity contribution in [2.75, 3.05) is 24.3 Å². The van der Waals surface area contributed by atoms with Crippen LogP contribution in [0.3, 0.4) is 0 Å². The van der Waals surface area contributed by atoms with Gasteiger partial charge in [0.15, 0.2) is 0 Å². The largest absolute Gasteiger partial charge is 0.397 e. The van der Waals surface area contributed by atoms with Crippen LogP contribution in [0.5, 0.6) is 0 Å². The highest BCUT2D eigenvalue weighted by Gasteiger charge is 2.16. The van der Waals surface area contributed by atoms with Gasteiger partial charge in [-0.25, -0.2) is 0 Å². The van der Waals surface area contributed by atoms with Gasteiger partial charge in [-0.15, -0.1) is 0 Å². The van der Waals surface area contributed by atoms with Crippen molar-refractivity contribution in [3.8, 4) is 0 Å². The minimum absolute atomic E-state index is 0.0827. The monoisotopic (exact) mass is 250 g/mol. The first-order chi connectivity index (χ1) is 8.60. The Bertz CT molecular complexity index is 393. The third-order valence-corrected chi connectivity index (χ3v) is 3.01. The molecule has 2 N–H and O–H groups in total. The number of rotatable bonds is 6. The highest BCUT2D eigenvalue weighted by molar-refractivity contribution is 5.96.